The molecule has 1 heterocycles. The second kappa shape index (κ2) is 7.43. The van der Waals surface area contributed by atoms with E-state index >= 15 is 0 Å². The van der Waals surface area contributed by atoms with Gasteiger partial charge in [0.25, 0.3) is 0 Å². The molecular formula is C16H18BrNO3. The molecule has 2 rings (SSSR count). The van der Waals surface area contributed by atoms with Crippen LogP contribution in [0.3, 0.4) is 0 Å². The van der Waals surface area contributed by atoms with Gasteiger partial charge in [0.15, 0.2) is 0 Å². The minimum absolute atomic E-state index is 0.408. The van der Waals surface area contributed by atoms with Gasteiger partial charge in [0, 0.05) is 10.0 Å². The van der Waals surface area contributed by atoms with Crippen LogP contribution in [-0.2, 0) is 11.3 Å². The van der Waals surface area contributed by atoms with Gasteiger partial charge < -0.3 is 9.52 Å². The molecule has 0 spiro atoms. The number of carbonyl (C=O) groups is 1. The van der Waals surface area contributed by atoms with Crippen molar-refractivity contribution in [2.75, 3.05) is 0 Å². The van der Waals surface area contributed by atoms with Crippen LogP contribution in [0.1, 0.15) is 25.5 Å². The van der Waals surface area contributed by atoms with Crippen LogP contribution >= 0.6 is 15.9 Å². The van der Waals surface area contributed by atoms with Crippen molar-refractivity contribution < 1.29 is 14.3 Å². The summed E-state index contributed by atoms with van der Waals surface area (Å²) in [7, 11) is 0. The van der Waals surface area contributed by atoms with Gasteiger partial charge in [-0.2, -0.15) is 0 Å². The Balaban J connectivity index is 2.02. The zero-order chi connectivity index (χ0) is 15.2. The number of hydrogen-bond acceptors (Lipinski definition) is 3. The van der Waals surface area contributed by atoms with Crippen molar-refractivity contribution in [2.45, 2.75) is 32.4 Å². The summed E-state index contributed by atoms with van der Waals surface area (Å²) in [6, 6.07) is 11.1. The Labute approximate surface area is 132 Å². The molecule has 1 aromatic heterocycles. The highest BCUT2D eigenvalue weighted by Crippen LogP contribution is 2.25. The third-order valence-electron chi connectivity index (χ3n) is 3.17. The second-order valence-corrected chi connectivity index (χ2v) is 5.75. The maximum absolute atomic E-state index is 11.1. The van der Waals surface area contributed by atoms with Crippen LogP contribution in [0.15, 0.2) is 45.3 Å². The summed E-state index contributed by atoms with van der Waals surface area (Å²) in [6.45, 7) is 2.38. The maximum Gasteiger partial charge on any atom is 0.320 e. The lowest BCUT2D eigenvalue weighted by Gasteiger charge is -2.11. The van der Waals surface area contributed by atoms with Gasteiger partial charge in [-0.1, -0.05) is 41.4 Å². The van der Waals surface area contributed by atoms with Gasteiger partial charge in [0.05, 0.1) is 6.54 Å². The van der Waals surface area contributed by atoms with Crippen molar-refractivity contribution in [1.82, 2.24) is 5.32 Å². The Morgan fingerprint density at radius 3 is 2.86 bits per heavy atom. The van der Waals surface area contributed by atoms with Crippen LogP contribution in [-0.4, -0.2) is 17.1 Å². The number of benzene rings is 1. The first-order valence-electron chi connectivity index (χ1n) is 6.91. The molecule has 5 heteroatoms. The van der Waals surface area contributed by atoms with Crippen molar-refractivity contribution in [3.8, 4) is 11.3 Å². The Hall–Kier alpha value is -1.59. The number of carboxylic acid groups (broad SMARTS) is 1. The van der Waals surface area contributed by atoms with Gasteiger partial charge in [-0.25, -0.2) is 0 Å². The van der Waals surface area contributed by atoms with Crippen LogP contribution in [0, 0.1) is 0 Å². The SMILES string of the molecule is CCCC(NCc1ccc(-c2cccc(Br)c2)o1)C(=O)O. The molecule has 2 aromatic rings. The number of halogens is 1. The fourth-order valence-electron chi connectivity index (χ4n) is 2.10. The lowest BCUT2D eigenvalue weighted by atomic mass is 10.1. The Morgan fingerprint density at radius 1 is 1.38 bits per heavy atom. The second-order valence-electron chi connectivity index (χ2n) is 4.84. The zero-order valence-corrected chi connectivity index (χ0v) is 13.4. The fourth-order valence-corrected chi connectivity index (χ4v) is 2.49. The minimum atomic E-state index is -0.824. The molecule has 0 fully saturated rings. The predicted molar refractivity (Wildman–Crippen MR) is 85.0 cm³/mol. The molecule has 0 saturated heterocycles. The van der Waals surface area contributed by atoms with E-state index in [2.05, 4.69) is 21.2 Å². The normalized spacial score (nSPS) is 12.3. The molecule has 0 aliphatic carbocycles. The van der Waals surface area contributed by atoms with Gasteiger partial charge in [-0.05, 0) is 30.7 Å². The summed E-state index contributed by atoms with van der Waals surface area (Å²) in [4.78, 5) is 11.1. The first kappa shape index (κ1) is 15.8. The lowest BCUT2D eigenvalue weighted by molar-refractivity contribution is -0.139. The first-order chi connectivity index (χ1) is 10.1. The smallest absolute Gasteiger partial charge is 0.320 e. The summed E-state index contributed by atoms with van der Waals surface area (Å²) in [5.41, 5.74) is 0.985. The Kier molecular flexibility index (Phi) is 5.59. The van der Waals surface area contributed by atoms with Crippen molar-refractivity contribution in [1.29, 1.82) is 0 Å². The van der Waals surface area contributed by atoms with E-state index in [4.69, 9.17) is 9.52 Å². The van der Waals surface area contributed by atoms with Crippen molar-refractivity contribution in [2.24, 2.45) is 0 Å². The topological polar surface area (TPSA) is 62.5 Å². The molecule has 1 atom stereocenters. The molecule has 0 aliphatic rings. The number of nitrogens with one attached hydrogen (secondary N) is 1. The zero-order valence-electron chi connectivity index (χ0n) is 11.8. The number of hydrogen-bond donors (Lipinski definition) is 2. The van der Waals surface area contributed by atoms with Crippen molar-refractivity contribution >= 4 is 21.9 Å². The molecule has 112 valence electrons. The molecule has 21 heavy (non-hydrogen) atoms. The van der Waals surface area contributed by atoms with E-state index in [-0.39, 0.29) is 0 Å². The van der Waals surface area contributed by atoms with E-state index in [9.17, 15) is 4.79 Å². The van der Waals surface area contributed by atoms with Crippen molar-refractivity contribution in [3.05, 3.63) is 46.6 Å². The highest BCUT2D eigenvalue weighted by molar-refractivity contribution is 9.10. The maximum atomic E-state index is 11.1. The Morgan fingerprint density at radius 2 is 2.19 bits per heavy atom. The standard InChI is InChI=1S/C16H18BrNO3/c1-2-4-14(16(19)20)18-10-13-7-8-15(21-13)11-5-3-6-12(17)9-11/h3,5-9,14,18H,2,4,10H2,1H3,(H,19,20). The van der Waals surface area contributed by atoms with Crippen LogP contribution in [0.4, 0.5) is 0 Å². The first-order valence-corrected chi connectivity index (χ1v) is 7.70. The molecule has 1 aromatic carbocycles. The van der Waals surface area contributed by atoms with E-state index in [0.29, 0.717) is 13.0 Å². The summed E-state index contributed by atoms with van der Waals surface area (Å²) in [6.07, 6.45) is 1.43. The lowest BCUT2D eigenvalue weighted by Crippen LogP contribution is -2.35. The van der Waals surface area contributed by atoms with Crippen molar-refractivity contribution in [3.63, 3.8) is 0 Å². The molecular weight excluding hydrogens is 334 g/mol. The molecule has 0 amide bonds. The molecule has 2 N–H and O–H groups in total. The average Bonchev–Trinajstić information content (AvgIpc) is 2.92. The average molecular weight is 352 g/mol. The number of rotatable bonds is 7. The molecule has 0 aliphatic heterocycles. The van der Waals surface area contributed by atoms with Gasteiger partial charge in [-0.15, -0.1) is 0 Å². The van der Waals surface area contributed by atoms with E-state index in [1.165, 1.54) is 0 Å². The van der Waals surface area contributed by atoms with E-state index in [1.807, 2.05) is 43.3 Å². The number of furan rings is 1. The van der Waals surface area contributed by atoms with Crippen LogP contribution < -0.4 is 5.32 Å². The van der Waals surface area contributed by atoms with E-state index < -0.39 is 12.0 Å². The largest absolute Gasteiger partial charge is 0.480 e. The Bertz CT molecular complexity index is 609. The number of aliphatic carboxylic acids is 1. The summed E-state index contributed by atoms with van der Waals surface area (Å²) < 4.78 is 6.75. The van der Waals surface area contributed by atoms with E-state index in [0.717, 1.165) is 28.0 Å². The quantitative estimate of drug-likeness (QED) is 0.789. The third kappa shape index (κ3) is 4.44. The minimum Gasteiger partial charge on any atom is -0.480 e. The van der Waals surface area contributed by atoms with Crippen LogP contribution in [0.25, 0.3) is 11.3 Å². The molecule has 0 bridgehead atoms. The summed E-state index contributed by atoms with van der Waals surface area (Å²) in [5, 5.41) is 12.1. The van der Waals surface area contributed by atoms with Gasteiger partial charge in [0.2, 0.25) is 0 Å². The van der Waals surface area contributed by atoms with Crippen LogP contribution in [0.2, 0.25) is 0 Å². The highest BCUT2D eigenvalue weighted by Gasteiger charge is 2.16. The van der Waals surface area contributed by atoms with Gasteiger partial charge in [-0.3, -0.25) is 10.1 Å². The molecule has 1 unspecified atom stereocenters. The fraction of sp³-hybridized carbons (Fsp3) is 0.312. The molecule has 0 radical (unpaired) electrons. The number of carboxylic acids is 1. The predicted octanol–water partition coefficient (Wildman–Crippen LogP) is 4.05. The van der Waals surface area contributed by atoms with Gasteiger partial charge >= 0.3 is 5.97 Å². The summed E-state index contributed by atoms with van der Waals surface area (Å²) >= 11 is 3.43. The van der Waals surface area contributed by atoms with Crippen LogP contribution in [0.5, 0.6) is 0 Å². The van der Waals surface area contributed by atoms with E-state index in [1.54, 1.807) is 0 Å². The summed E-state index contributed by atoms with van der Waals surface area (Å²) in [5.74, 6) is 0.679. The molecule has 0 saturated carbocycles. The van der Waals surface area contributed by atoms with Gasteiger partial charge in [0.1, 0.15) is 17.6 Å². The highest BCUT2D eigenvalue weighted by atomic mass is 79.9. The molecule has 4 nitrogen and oxygen atoms in total. The monoisotopic (exact) mass is 351 g/mol. The third-order valence-corrected chi connectivity index (χ3v) is 3.66.